The van der Waals surface area contributed by atoms with Crippen LogP contribution in [0.15, 0.2) is 48.9 Å². The van der Waals surface area contributed by atoms with Crippen LogP contribution in [0.25, 0.3) is 0 Å². The first-order valence-corrected chi connectivity index (χ1v) is 11.2. The third-order valence-electron chi connectivity index (χ3n) is 4.65. The fourth-order valence-electron chi connectivity index (χ4n) is 3.02. The van der Waals surface area contributed by atoms with Crippen molar-refractivity contribution in [2.45, 2.75) is 19.8 Å². The average Bonchev–Trinajstić information content (AvgIpc) is 2.83. The van der Waals surface area contributed by atoms with Gasteiger partial charge in [-0.1, -0.05) is 18.5 Å². The molecule has 0 spiro atoms. The summed E-state index contributed by atoms with van der Waals surface area (Å²) in [6.07, 6.45) is 6.61. The van der Waals surface area contributed by atoms with Crippen molar-refractivity contribution < 1.29 is 9.59 Å². The molecule has 0 fully saturated rings. The first-order chi connectivity index (χ1) is 16.5. The van der Waals surface area contributed by atoms with Crippen LogP contribution in [0, 0.1) is 0 Å². The highest BCUT2D eigenvalue weighted by molar-refractivity contribution is 6.31. The molecule has 178 valence electrons. The van der Waals surface area contributed by atoms with Gasteiger partial charge < -0.3 is 27.0 Å². The van der Waals surface area contributed by atoms with Gasteiger partial charge in [-0.25, -0.2) is 4.98 Å². The molecule has 34 heavy (non-hydrogen) atoms. The van der Waals surface area contributed by atoms with Crippen LogP contribution in [0.1, 0.15) is 29.3 Å². The number of carbonyl (C=O) groups is 2. The number of nitrogens with two attached hydrogens (primary N) is 1. The molecule has 0 radical (unpaired) electrons. The first kappa shape index (κ1) is 24.9. The number of carbonyl (C=O) groups excluding carboxylic acids is 2. The second kappa shape index (κ2) is 12.5. The predicted molar refractivity (Wildman–Crippen MR) is 134 cm³/mol. The summed E-state index contributed by atoms with van der Waals surface area (Å²) in [6, 6.07) is 8.63. The van der Waals surface area contributed by atoms with Gasteiger partial charge >= 0.3 is 0 Å². The van der Waals surface area contributed by atoms with Gasteiger partial charge in [-0.3, -0.25) is 14.6 Å². The number of benzene rings is 1. The lowest BCUT2D eigenvalue weighted by Gasteiger charge is -2.14. The fourth-order valence-corrected chi connectivity index (χ4v) is 3.26. The van der Waals surface area contributed by atoms with Gasteiger partial charge in [0.05, 0.1) is 6.54 Å². The Hall–Kier alpha value is -3.76. The molecule has 0 aliphatic rings. The van der Waals surface area contributed by atoms with Gasteiger partial charge in [0.25, 0.3) is 5.91 Å². The zero-order chi connectivity index (χ0) is 24.3. The Bertz CT molecular complexity index is 1130. The quantitative estimate of drug-likeness (QED) is 0.280. The largest absolute Gasteiger partial charge is 0.369 e. The minimum absolute atomic E-state index is 0.166. The summed E-state index contributed by atoms with van der Waals surface area (Å²) in [6.45, 7) is 3.12. The van der Waals surface area contributed by atoms with Crippen LogP contribution in [0.4, 0.5) is 23.1 Å². The normalized spacial score (nSPS) is 10.4. The minimum atomic E-state index is -0.416. The summed E-state index contributed by atoms with van der Waals surface area (Å²) < 4.78 is 0. The number of nitrogens with one attached hydrogen (secondary N) is 4. The first-order valence-electron chi connectivity index (χ1n) is 10.8. The summed E-state index contributed by atoms with van der Waals surface area (Å²) in [5.41, 5.74) is 7.59. The Morgan fingerprint density at radius 3 is 2.47 bits per heavy atom. The molecule has 0 aliphatic carbocycles. The van der Waals surface area contributed by atoms with E-state index in [1.165, 1.54) is 6.20 Å². The van der Waals surface area contributed by atoms with Crippen molar-refractivity contribution in [1.29, 1.82) is 0 Å². The average molecular weight is 483 g/mol. The molecule has 2 heterocycles. The standard InChI is InChI=1S/C23H27ClN8O2/c1-2-6-27-21-19(14-29-23(32-21)28-9-5-15-3-7-26-8-4-15)22(34)31-18-11-16(24)10-17(12-18)30-20(33)13-25/h3-4,7-8,10-12,14H,2,5-6,9,13,25H2,1H3,(H,30,33)(H,31,34)(H2,27,28,29,32). The van der Waals surface area contributed by atoms with E-state index in [1.807, 2.05) is 19.1 Å². The van der Waals surface area contributed by atoms with E-state index in [0.717, 1.165) is 18.4 Å². The van der Waals surface area contributed by atoms with Crippen molar-refractivity contribution in [3.05, 3.63) is 65.1 Å². The molecule has 1 aromatic carbocycles. The lowest BCUT2D eigenvalue weighted by molar-refractivity contribution is -0.114. The van der Waals surface area contributed by atoms with Crippen molar-refractivity contribution >= 4 is 46.6 Å². The molecule has 11 heteroatoms. The third kappa shape index (κ3) is 7.39. The van der Waals surface area contributed by atoms with Crippen molar-refractivity contribution in [3.63, 3.8) is 0 Å². The molecule has 0 aliphatic heterocycles. The molecule has 0 saturated heterocycles. The lowest BCUT2D eigenvalue weighted by Crippen LogP contribution is -2.22. The van der Waals surface area contributed by atoms with Gasteiger partial charge in [0, 0.05) is 48.1 Å². The smallest absolute Gasteiger partial charge is 0.260 e. The second-order valence-electron chi connectivity index (χ2n) is 7.35. The molecule has 2 aromatic heterocycles. The monoisotopic (exact) mass is 482 g/mol. The van der Waals surface area contributed by atoms with E-state index in [1.54, 1.807) is 30.6 Å². The van der Waals surface area contributed by atoms with E-state index < -0.39 is 5.91 Å². The van der Waals surface area contributed by atoms with E-state index in [2.05, 4.69) is 36.2 Å². The lowest BCUT2D eigenvalue weighted by atomic mass is 10.2. The van der Waals surface area contributed by atoms with Crippen molar-refractivity contribution in [2.24, 2.45) is 5.73 Å². The number of rotatable bonds is 11. The van der Waals surface area contributed by atoms with Gasteiger partial charge in [0.2, 0.25) is 11.9 Å². The van der Waals surface area contributed by atoms with Crippen molar-refractivity contribution in [1.82, 2.24) is 15.0 Å². The Balaban J connectivity index is 1.73. The Morgan fingerprint density at radius 1 is 1.03 bits per heavy atom. The number of hydrogen-bond acceptors (Lipinski definition) is 8. The van der Waals surface area contributed by atoms with Crippen LogP contribution in [-0.2, 0) is 11.2 Å². The van der Waals surface area contributed by atoms with E-state index in [4.69, 9.17) is 17.3 Å². The number of hydrogen-bond donors (Lipinski definition) is 5. The van der Waals surface area contributed by atoms with Gasteiger partial charge in [-0.15, -0.1) is 0 Å². The molecule has 0 bridgehead atoms. The van der Waals surface area contributed by atoms with Crippen LogP contribution in [0.5, 0.6) is 0 Å². The van der Waals surface area contributed by atoms with E-state index in [0.29, 0.717) is 41.3 Å². The minimum Gasteiger partial charge on any atom is -0.369 e. The highest BCUT2D eigenvalue weighted by Gasteiger charge is 2.16. The number of pyridine rings is 1. The molecular formula is C23H27ClN8O2. The Labute approximate surface area is 202 Å². The number of aromatic nitrogens is 3. The molecule has 2 amide bonds. The zero-order valence-electron chi connectivity index (χ0n) is 18.8. The number of amides is 2. The molecule has 0 atom stereocenters. The molecule has 3 aromatic rings. The molecule has 6 N–H and O–H groups in total. The van der Waals surface area contributed by atoms with Crippen LogP contribution in [0.2, 0.25) is 5.02 Å². The zero-order valence-corrected chi connectivity index (χ0v) is 19.5. The van der Waals surface area contributed by atoms with E-state index >= 15 is 0 Å². The van der Waals surface area contributed by atoms with Gasteiger partial charge in [0.15, 0.2) is 0 Å². The predicted octanol–water partition coefficient (Wildman–Crippen LogP) is 3.15. The summed E-state index contributed by atoms with van der Waals surface area (Å²) in [4.78, 5) is 37.4. The summed E-state index contributed by atoms with van der Waals surface area (Å²) in [7, 11) is 0. The third-order valence-corrected chi connectivity index (χ3v) is 4.86. The number of halogens is 1. The molecule has 10 nitrogen and oxygen atoms in total. The highest BCUT2D eigenvalue weighted by Crippen LogP contribution is 2.24. The Morgan fingerprint density at radius 2 is 1.76 bits per heavy atom. The van der Waals surface area contributed by atoms with Crippen molar-refractivity contribution in [3.8, 4) is 0 Å². The summed E-state index contributed by atoms with van der Waals surface area (Å²) >= 11 is 6.14. The van der Waals surface area contributed by atoms with Gasteiger partial charge in [-0.05, 0) is 48.7 Å². The molecule has 0 unspecified atom stereocenters. The Kier molecular flexibility index (Phi) is 9.12. The topological polar surface area (TPSA) is 147 Å². The maximum absolute atomic E-state index is 13.0. The SMILES string of the molecule is CCCNc1nc(NCCc2ccncc2)ncc1C(=O)Nc1cc(Cl)cc(NC(=O)CN)c1. The summed E-state index contributed by atoms with van der Waals surface area (Å²) in [5.74, 6) is 0.0458. The van der Waals surface area contributed by atoms with Crippen LogP contribution >= 0.6 is 11.6 Å². The summed E-state index contributed by atoms with van der Waals surface area (Å²) in [5, 5.41) is 12.1. The van der Waals surface area contributed by atoms with Crippen LogP contribution < -0.4 is 27.0 Å². The van der Waals surface area contributed by atoms with Gasteiger partial charge in [-0.2, -0.15) is 4.98 Å². The number of nitrogens with zero attached hydrogens (tertiary/aromatic N) is 3. The van der Waals surface area contributed by atoms with Crippen LogP contribution in [-0.4, -0.2) is 46.4 Å². The molecular weight excluding hydrogens is 456 g/mol. The van der Waals surface area contributed by atoms with Gasteiger partial charge in [0.1, 0.15) is 11.4 Å². The van der Waals surface area contributed by atoms with Crippen LogP contribution in [0.3, 0.4) is 0 Å². The number of anilines is 4. The fraction of sp³-hybridized carbons (Fsp3) is 0.261. The maximum atomic E-state index is 13.0. The van der Waals surface area contributed by atoms with Crippen molar-refractivity contribution in [2.75, 3.05) is 40.9 Å². The molecule has 3 rings (SSSR count). The highest BCUT2D eigenvalue weighted by atomic mass is 35.5. The van der Waals surface area contributed by atoms with E-state index in [9.17, 15) is 9.59 Å². The maximum Gasteiger partial charge on any atom is 0.260 e. The second-order valence-corrected chi connectivity index (χ2v) is 7.79. The molecule has 0 saturated carbocycles. The van der Waals surface area contributed by atoms with E-state index in [-0.39, 0.29) is 18.0 Å².